The molecule has 0 aromatic heterocycles. The van der Waals surface area contributed by atoms with Crippen molar-refractivity contribution in [3.63, 3.8) is 0 Å². The van der Waals surface area contributed by atoms with Crippen molar-refractivity contribution < 1.29 is 9.13 Å². The quantitative estimate of drug-likeness (QED) is 0.493. The molecule has 0 radical (unpaired) electrons. The summed E-state index contributed by atoms with van der Waals surface area (Å²) in [5.74, 6) is -0.221. The SMILES string of the molecule is C=CCOCc1ccccc1F. The minimum Gasteiger partial charge on any atom is -0.373 e. The lowest BCUT2D eigenvalue weighted by Crippen LogP contribution is -1.95. The molecule has 0 aliphatic heterocycles. The highest BCUT2D eigenvalue weighted by atomic mass is 19.1. The summed E-state index contributed by atoms with van der Waals surface area (Å²) in [5.41, 5.74) is 0.583. The van der Waals surface area contributed by atoms with E-state index >= 15 is 0 Å². The van der Waals surface area contributed by atoms with E-state index in [9.17, 15) is 4.39 Å². The zero-order valence-corrected chi connectivity index (χ0v) is 6.79. The van der Waals surface area contributed by atoms with Crippen LogP contribution in [-0.2, 0) is 11.3 Å². The van der Waals surface area contributed by atoms with E-state index in [1.165, 1.54) is 6.07 Å². The molecule has 0 bridgehead atoms. The summed E-state index contributed by atoms with van der Waals surface area (Å²) in [6.07, 6.45) is 1.64. The largest absolute Gasteiger partial charge is 0.373 e. The van der Waals surface area contributed by atoms with Crippen LogP contribution in [0.2, 0.25) is 0 Å². The average molecular weight is 166 g/mol. The van der Waals surface area contributed by atoms with E-state index in [2.05, 4.69) is 6.58 Å². The van der Waals surface area contributed by atoms with Gasteiger partial charge in [-0.3, -0.25) is 0 Å². The standard InChI is InChI=1S/C10H11FO/c1-2-7-12-8-9-5-3-4-6-10(9)11/h2-6H,1,7-8H2. The Morgan fingerprint density at radius 1 is 1.42 bits per heavy atom. The Morgan fingerprint density at radius 2 is 2.17 bits per heavy atom. The maximum Gasteiger partial charge on any atom is 0.128 e. The predicted octanol–water partition coefficient (Wildman–Crippen LogP) is 2.53. The number of rotatable bonds is 4. The fraction of sp³-hybridized carbons (Fsp3) is 0.200. The van der Waals surface area contributed by atoms with Gasteiger partial charge in [0.25, 0.3) is 0 Å². The second-order valence-corrected chi connectivity index (χ2v) is 2.40. The third-order valence-electron chi connectivity index (χ3n) is 1.45. The van der Waals surface area contributed by atoms with Crippen LogP contribution in [0.3, 0.4) is 0 Å². The molecule has 0 atom stereocenters. The van der Waals surface area contributed by atoms with Gasteiger partial charge >= 0.3 is 0 Å². The van der Waals surface area contributed by atoms with Crippen LogP contribution in [0.4, 0.5) is 4.39 Å². The summed E-state index contributed by atoms with van der Waals surface area (Å²) in [6, 6.07) is 6.58. The van der Waals surface area contributed by atoms with Crippen LogP contribution in [0.15, 0.2) is 36.9 Å². The number of benzene rings is 1. The van der Waals surface area contributed by atoms with Crippen LogP contribution in [0, 0.1) is 5.82 Å². The second kappa shape index (κ2) is 4.67. The summed E-state index contributed by atoms with van der Waals surface area (Å²) in [6.45, 7) is 4.25. The van der Waals surface area contributed by atoms with Gasteiger partial charge in [-0.1, -0.05) is 24.3 Å². The van der Waals surface area contributed by atoms with Crippen molar-refractivity contribution in [2.45, 2.75) is 6.61 Å². The van der Waals surface area contributed by atoms with Crippen LogP contribution in [0.1, 0.15) is 5.56 Å². The molecule has 0 saturated heterocycles. The summed E-state index contributed by atoms with van der Waals surface area (Å²) < 4.78 is 18.0. The summed E-state index contributed by atoms with van der Waals surface area (Å²) in [5, 5.41) is 0. The van der Waals surface area contributed by atoms with Gasteiger partial charge in [0.05, 0.1) is 13.2 Å². The summed E-state index contributed by atoms with van der Waals surface area (Å²) in [7, 11) is 0. The van der Waals surface area contributed by atoms with Crippen LogP contribution in [-0.4, -0.2) is 6.61 Å². The molecule has 0 spiro atoms. The second-order valence-electron chi connectivity index (χ2n) is 2.40. The van der Waals surface area contributed by atoms with Crippen molar-refractivity contribution in [1.29, 1.82) is 0 Å². The Bertz CT molecular complexity index is 258. The van der Waals surface area contributed by atoms with Crippen LogP contribution < -0.4 is 0 Å². The smallest absolute Gasteiger partial charge is 0.128 e. The number of ether oxygens (including phenoxy) is 1. The van der Waals surface area contributed by atoms with E-state index in [4.69, 9.17) is 4.74 Å². The molecule has 0 fully saturated rings. The highest BCUT2D eigenvalue weighted by Gasteiger charge is 1.98. The third kappa shape index (κ3) is 2.47. The first-order valence-corrected chi connectivity index (χ1v) is 3.76. The monoisotopic (exact) mass is 166 g/mol. The van der Waals surface area contributed by atoms with E-state index in [0.29, 0.717) is 18.8 Å². The molecular formula is C10H11FO. The minimum atomic E-state index is -0.221. The first-order valence-electron chi connectivity index (χ1n) is 3.76. The molecule has 2 heteroatoms. The van der Waals surface area contributed by atoms with Gasteiger partial charge in [-0.15, -0.1) is 6.58 Å². The Morgan fingerprint density at radius 3 is 2.83 bits per heavy atom. The number of hydrogen-bond donors (Lipinski definition) is 0. The van der Waals surface area contributed by atoms with Gasteiger partial charge in [-0.2, -0.15) is 0 Å². The van der Waals surface area contributed by atoms with Crippen molar-refractivity contribution in [2.24, 2.45) is 0 Å². The van der Waals surface area contributed by atoms with E-state index < -0.39 is 0 Å². The van der Waals surface area contributed by atoms with Crippen molar-refractivity contribution in [2.75, 3.05) is 6.61 Å². The number of halogens is 1. The van der Waals surface area contributed by atoms with Gasteiger partial charge in [-0.05, 0) is 6.07 Å². The highest BCUT2D eigenvalue weighted by Crippen LogP contribution is 2.07. The third-order valence-corrected chi connectivity index (χ3v) is 1.45. The van der Waals surface area contributed by atoms with Gasteiger partial charge in [0.2, 0.25) is 0 Å². The van der Waals surface area contributed by atoms with Crippen LogP contribution >= 0.6 is 0 Å². The van der Waals surface area contributed by atoms with Crippen LogP contribution in [0.5, 0.6) is 0 Å². The molecular weight excluding hydrogens is 155 g/mol. The van der Waals surface area contributed by atoms with E-state index in [0.717, 1.165) is 0 Å². The van der Waals surface area contributed by atoms with Crippen LogP contribution in [0.25, 0.3) is 0 Å². The Balaban J connectivity index is 2.51. The molecule has 0 aliphatic rings. The Labute approximate surface area is 71.5 Å². The van der Waals surface area contributed by atoms with E-state index in [1.807, 2.05) is 0 Å². The zero-order valence-electron chi connectivity index (χ0n) is 6.79. The molecule has 1 rings (SSSR count). The van der Waals surface area contributed by atoms with Crippen molar-refractivity contribution in [3.8, 4) is 0 Å². The van der Waals surface area contributed by atoms with Gasteiger partial charge in [0.1, 0.15) is 5.82 Å². The first kappa shape index (κ1) is 8.94. The van der Waals surface area contributed by atoms with Gasteiger partial charge < -0.3 is 4.74 Å². The number of hydrogen-bond acceptors (Lipinski definition) is 1. The molecule has 1 aromatic rings. The highest BCUT2D eigenvalue weighted by molar-refractivity contribution is 5.16. The fourth-order valence-electron chi connectivity index (χ4n) is 0.868. The zero-order chi connectivity index (χ0) is 8.81. The summed E-state index contributed by atoms with van der Waals surface area (Å²) in [4.78, 5) is 0. The molecule has 0 aliphatic carbocycles. The van der Waals surface area contributed by atoms with E-state index in [1.54, 1.807) is 24.3 Å². The maximum absolute atomic E-state index is 12.9. The van der Waals surface area contributed by atoms with E-state index in [-0.39, 0.29) is 5.82 Å². The average Bonchev–Trinajstić information content (AvgIpc) is 2.09. The molecule has 0 heterocycles. The van der Waals surface area contributed by atoms with Gasteiger partial charge in [-0.25, -0.2) is 4.39 Å². The fourth-order valence-corrected chi connectivity index (χ4v) is 0.868. The molecule has 1 aromatic carbocycles. The van der Waals surface area contributed by atoms with Crippen molar-refractivity contribution >= 4 is 0 Å². The topological polar surface area (TPSA) is 9.23 Å². The molecule has 0 saturated carbocycles. The molecule has 64 valence electrons. The van der Waals surface area contributed by atoms with Crippen molar-refractivity contribution in [1.82, 2.24) is 0 Å². The van der Waals surface area contributed by atoms with Gasteiger partial charge in [0.15, 0.2) is 0 Å². The molecule has 0 amide bonds. The molecule has 12 heavy (non-hydrogen) atoms. The molecule has 0 unspecified atom stereocenters. The van der Waals surface area contributed by atoms with Crippen molar-refractivity contribution in [3.05, 3.63) is 48.3 Å². The summed E-state index contributed by atoms with van der Waals surface area (Å²) >= 11 is 0. The normalized spacial score (nSPS) is 9.75. The Kier molecular flexibility index (Phi) is 3.48. The van der Waals surface area contributed by atoms with Gasteiger partial charge in [0, 0.05) is 5.56 Å². The lowest BCUT2D eigenvalue weighted by atomic mass is 10.2. The lowest BCUT2D eigenvalue weighted by Gasteiger charge is -2.01. The predicted molar refractivity (Wildman–Crippen MR) is 46.3 cm³/mol. The lowest BCUT2D eigenvalue weighted by molar-refractivity contribution is 0.146. The Hall–Kier alpha value is -1.15. The first-order chi connectivity index (χ1) is 5.84. The maximum atomic E-state index is 12.9. The molecule has 1 nitrogen and oxygen atoms in total. The molecule has 0 N–H and O–H groups in total. The minimum absolute atomic E-state index is 0.221.